The van der Waals surface area contributed by atoms with Crippen LogP contribution >= 0.6 is 0 Å². The van der Waals surface area contributed by atoms with E-state index >= 15 is 0 Å². The molecule has 1 atom stereocenters. The van der Waals surface area contributed by atoms with Crippen molar-refractivity contribution in [3.8, 4) is 5.75 Å². The van der Waals surface area contributed by atoms with E-state index in [1.807, 2.05) is 0 Å². The van der Waals surface area contributed by atoms with Crippen molar-refractivity contribution in [2.75, 3.05) is 20.8 Å². The van der Waals surface area contributed by atoms with E-state index in [9.17, 15) is 18.0 Å². The van der Waals surface area contributed by atoms with Gasteiger partial charge in [-0.25, -0.2) is 0 Å². The van der Waals surface area contributed by atoms with Gasteiger partial charge in [-0.1, -0.05) is 18.2 Å². The summed E-state index contributed by atoms with van der Waals surface area (Å²) in [6, 6.07) is 7.09. The number of ether oxygens (including phenoxy) is 2. The van der Waals surface area contributed by atoms with Gasteiger partial charge in [-0.05, 0) is 6.07 Å². The summed E-state index contributed by atoms with van der Waals surface area (Å²) in [4.78, 5) is 11.4. The highest BCUT2D eigenvalue weighted by Crippen LogP contribution is 2.26. The van der Waals surface area contributed by atoms with Crippen LogP contribution in [0, 0.1) is 0 Å². The monoisotopic (exact) mass is 305 g/mol. The molecule has 0 saturated carbocycles. The number of hydrogen-bond acceptors (Lipinski definition) is 3. The van der Waals surface area contributed by atoms with Crippen molar-refractivity contribution >= 4 is 5.91 Å². The minimum Gasteiger partial charge on any atom is -0.496 e. The summed E-state index contributed by atoms with van der Waals surface area (Å²) in [5.74, 6) is -0.0711. The maximum Gasteiger partial charge on any atom is 0.389 e. The standard InChI is InChI=1S/C14H18F3NO3/c1-20-11-6-4-3-5-10(11)12(21-2)9-18-13(19)7-8-14(15,16)17/h3-6,12H,7-9H2,1-2H3,(H,18,19). The van der Waals surface area contributed by atoms with Crippen LogP contribution < -0.4 is 10.1 Å². The zero-order chi connectivity index (χ0) is 15.9. The van der Waals surface area contributed by atoms with Crippen LogP contribution in [0.25, 0.3) is 0 Å². The number of methoxy groups -OCH3 is 2. The van der Waals surface area contributed by atoms with Crippen molar-refractivity contribution in [3.05, 3.63) is 29.8 Å². The lowest BCUT2D eigenvalue weighted by Gasteiger charge is -2.19. The van der Waals surface area contributed by atoms with E-state index in [0.29, 0.717) is 5.75 Å². The SMILES string of the molecule is COc1ccccc1C(CNC(=O)CCC(F)(F)F)OC. The fourth-order valence-electron chi connectivity index (χ4n) is 1.80. The molecule has 0 fully saturated rings. The molecular formula is C14H18F3NO3. The molecular weight excluding hydrogens is 287 g/mol. The van der Waals surface area contributed by atoms with Gasteiger partial charge in [-0.2, -0.15) is 13.2 Å². The third-order valence-electron chi connectivity index (χ3n) is 2.89. The predicted octanol–water partition coefficient (Wildman–Crippen LogP) is 2.84. The summed E-state index contributed by atoms with van der Waals surface area (Å²) >= 11 is 0. The molecule has 0 saturated heterocycles. The van der Waals surface area contributed by atoms with Crippen LogP contribution in [0.15, 0.2) is 24.3 Å². The van der Waals surface area contributed by atoms with Crippen LogP contribution in [0.2, 0.25) is 0 Å². The van der Waals surface area contributed by atoms with Gasteiger partial charge in [0.2, 0.25) is 5.91 Å². The quantitative estimate of drug-likeness (QED) is 0.842. The summed E-state index contributed by atoms with van der Waals surface area (Å²) < 4.78 is 46.5. The van der Waals surface area contributed by atoms with Crippen molar-refractivity contribution in [1.82, 2.24) is 5.32 Å². The first-order valence-corrected chi connectivity index (χ1v) is 6.36. The number of amides is 1. The smallest absolute Gasteiger partial charge is 0.389 e. The number of para-hydroxylation sites is 1. The van der Waals surface area contributed by atoms with Crippen LogP contribution in [0.4, 0.5) is 13.2 Å². The molecule has 0 aromatic heterocycles. The van der Waals surface area contributed by atoms with E-state index < -0.39 is 31.0 Å². The van der Waals surface area contributed by atoms with Crippen LogP contribution in [0.5, 0.6) is 5.75 Å². The molecule has 1 aromatic carbocycles. The normalized spacial score (nSPS) is 12.8. The molecule has 4 nitrogen and oxygen atoms in total. The van der Waals surface area contributed by atoms with Gasteiger partial charge in [0.25, 0.3) is 0 Å². The molecule has 118 valence electrons. The molecule has 0 aliphatic rings. The van der Waals surface area contributed by atoms with E-state index in [-0.39, 0.29) is 6.54 Å². The van der Waals surface area contributed by atoms with Gasteiger partial charge in [-0.3, -0.25) is 4.79 Å². The van der Waals surface area contributed by atoms with Crippen LogP contribution in [0.3, 0.4) is 0 Å². The second-order valence-corrected chi connectivity index (χ2v) is 4.39. The van der Waals surface area contributed by atoms with Crippen molar-refractivity contribution in [2.45, 2.75) is 25.1 Å². The zero-order valence-electron chi connectivity index (χ0n) is 11.9. The lowest BCUT2D eigenvalue weighted by Crippen LogP contribution is -2.30. The predicted molar refractivity (Wildman–Crippen MR) is 71.0 cm³/mol. The molecule has 1 aromatic rings. The summed E-state index contributed by atoms with van der Waals surface area (Å²) in [6.45, 7) is 0.0769. The molecule has 0 aliphatic heterocycles. The minimum atomic E-state index is -4.33. The Balaban J connectivity index is 2.57. The highest BCUT2D eigenvalue weighted by Gasteiger charge is 2.28. The summed E-state index contributed by atoms with van der Waals surface area (Å²) in [5, 5.41) is 2.44. The van der Waals surface area contributed by atoms with E-state index in [1.165, 1.54) is 14.2 Å². The molecule has 0 bridgehead atoms. The molecule has 1 rings (SSSR count). The Labute approximate surface area is 121 Å². The number of alkyl halides is 3. The fraction of sp³-hybridized carbons (Fsp3) is 0.500. The highest BCUT2D eigenvalue weighted by atomic mass is 19.4. The van der Waals surface area contributed by atoms with Gasteiger partial charge in [0.15, 0.2) is 0 Å². The van der Waals surface area contributed by atoms with Gasteiger partial charge in [0.1, 0.15) is 11.9 Å². The number of carbonyl (C=O) groups excluding carboxylic acids is 1. The maximum absolute atomic E-state index is 12.0. The fourth-order valence-corrected chi connectivity index (χ4v) is 1.80. The Hall–Kier alpha value is -1.76. The van der Waals surface area contributed by atoms with Gasteiger partial charge in [-0.15, -0.1) is 0 Å². The molecule has 0 aliphatic carbocycles. The van der Waals surface area contributed by atoms with E-state index in [0.717, 1.165) is 5.56 Å². The summed E-state index contributed by atoms with van der Waals surface area (Å²) in [5.41, 5.74) is 0.721. The van der Waals surface area contributed by atoms with Gasteiger partial charge in [0, 0.05) is 25.6 Å². The second kappa shape index (κ2) is 7.87. The second-order valence-electron chi connectivity index (χ2n) is 4.39. The molecule has 0 heterocycles. The Bertz CT molecular complexity index is 463. The Morgan fingerprint density at radius 1 is 1.29 bits per heavy atom. The highest BCUT2D eigenvalue weighted by molar-refractivity contribution is 5.75. The zero-order valence-corrected chi connectivity index (χ0v) is 11.9. The van der Waals surface area contributed by atoms with Gasteiger partial charge >= 0.3 is 6.18 Å². The number of benzene rings is 1. The largest absolute Gasteiger partial charge is 0.496 e. The molecule has 1 unspecified atom stereocenters. The molecule has 1 N–H and O–H groups in total. The molecule has 1 amide bonds. The average Bonchev–Trinajstić information content (AvgIpc) is 2.45. The third-order valence-corrected chi connectivity index (χ3v) is 2.89. The molecule has 0 radical (unpaired) electrons. The van der Waals surface area contributed by atoms with Gasteiger partial charge < -0.3 is 14.8 Å². The number of rotatable bonds is 7. The lowest BCUT2D eigenvalue weighted by atomic mass is 10.1. The van der Waals surface area contributed by atoms with Crippen molar-refractivity contribution in [2.24, 2.45) is 0 Å². The minimum absolute atomic E-state index is 0.0769. The number of halogens is 3. The third kappa shape index (κ3) is 6.03. The Kier molecular flexibility index (Phi) is 6.48. The van der Waals surface area contributed by atoms with Gasteiger partial charge in [0.05, 0.1) is 13.5 Å². The number of carbonyl (C=O) groups is 1. The van der Waals surface area contributed by atoms with Crippen LogP contribution in [-0.4, -0.2) is 32.8 Å². The molecule has 21 heavy (non-hydrogen) atoms. The lowest BCUT2D eigenvalue weighted by molar-refractivity contribution is -0.144. The van der Waals surface area contributed by atoms with E-state index in [1.54, 1.807) is 24.3 Å². The van der Waals surface area contributed by atoms with E-state index in [2.05, 4.69) is 5.32 Å². The topological polar surface area (TPSA) is 47.6 Å². The maximum atomic E-state index is 12.0. The number of nitrogens with one attached hydrogen (secondary N) is 1. The molecule has 7 heteroatoms. The van der Waals surface area contributed by atoms with Crippen LogP contribution in [-0.2, 0) is 9.53 Å². The first-order chi connectivity index (χ1) is 9.87. The average molecular weight is 305 g/mol. The first-order valence-electron chi connectivity index (χ1n) is 6.36. The summed E-state index contributed by atoms with van der Waals surface area (Å²) in [7, 11) is 2.96. The van der Waals surface area contributed by atoms with E-state index in [4.69, 9.17) is 9.47 Å². The van der Waals surface area contributed by atoms with Crippen molar-refractivity contribution < 1.29 is 27.4 Å². The first kappa shape index (κ1) is 17.3. The van der Waals surface area contributed by atoms with Crippen molar-refractivity contribution in [1.29, 1.82) is 0 Å². The Morgan fingerprint density at radius 3 is 2.52 bits per heavy atom. The van der Waals surface area contributed by atoms with Crippen molar-refractivity contribution in [3.63, 3.8) is 0 Å². The Morgan fingerprint density at radius 2 is 1.95 bits per heavy atom. The summed E-state index contributed by atoms with van der Waals surface area (Å²) in [6.07, 6.45) is -6.55. The van der Waals surface area contributed by atoms with Crippen LogP contribution in [0.1, 0.15) is 24.5 Å². The molecule has 0 spiro atoms. The number of hydrogen-bond donors (Lipinski definition) is 1.